The molecule has 1 aromatic rings. The van der Waals surface area contributed by atoms with E-state index in [1.165, 1.54) is 4.90 Å². The second-order valence-electron chi connectivity index (χ2n) is 8.13. The Labute approximate surface area is 179 Å². The molecule has 0 bridgehead atoms. The van der Waals surface area contributed by atoms with Crippen molar-refractivity contribution in [1.82, 2.24) is 15.5 Å². The number of fused-ring (bicyclic) bond motifs is 1. The van der Waals surface area contributed by atoms with Gasteiger partial charge in [0.2, 0.25) is 11.8 Å². The molecule has 1 saturated heterocycles. The van der Waals surface area contributed by atoms with Gasteiger partial charge in [-0.2, -0.15) is 0 Å². The van der Waals surface area contributed by atoms with Crippen LogP contribution in [-0.2, 0) is 9.59 Å². The maximum Gasteiger partial charge on any atom is 0.288 e. The summed E-state index contributed by atoms with van der Waals surface area (Å²) >= 11 is 0.991. The molecule has 9 heteroatoms. The topological polar surface area (TPSA) is 105 Å². The van der Waals surface area contributed by atoms with Gasteiger partial charge in [0.25, 0.3) is 11.1 Å². The van der Waals surface area contributed by atoms with Crippen molar-refractivity contribution in [2.45, 2.75) is 38.2 Å². The first-order valence-electron chi connectivity index (χ1n) is 10.2. The molecule has 1 aliphatic carbocycles. The van der Waals surface area contributed by atoms with Gasteiger partial charge >= 0.3 is 0 Å². The van der Waals surface area contributed by atoms with E-state index in [-0.39, 0.29) is 47.7 Å². The second-order valence-corrected chi connectivity index (χ2v) is 9.06. The Morgan fingerprint density at radius 3 is 2.77 bits per heavy atom. The lowest BCUT2D eigenvalue weighted by Gasteiger charge is -2.39. The first kappa shape index (κ1) is 20.7. The van der Waals surface area contributed by atoms with E-state index in [9.17, 15) is 19.2 Å². The van der Waals surface area contributed by atoms with E-state index in [2.05, 4.69) is 10.6 Å². The van der Waals surface area contributed by atoms with E-state index in [1.54, 1.807) is 0 Å². The smallest absolute Gasteiger partial charge is 0.288 e. The van der Waals surface area contributed by atoms with Crippen molar-refractivity contribution < 1.29 is 23.9 Å². The van der Waals surface area contributed by atoms with Gasteiger partial charge in [0.15, 0.2) is 0 Å². The van der Waals surface area contributed by atoms with E-state index in [4.69, 9.17) is 4.74 Å². The van der Waals surface area contributed by atoms with Gasteiger partial charge in [-0.1, -0.05) is 23.4 Å². The standard InChI is InChI=1S/C21H25N3O5S/c1-13-2-3-16-15(10-13)19(27)23-12-21(29-16)6-4-14(5-7-21)18(26)22-8-9-24-17(25)11-30-20(24)28/h2-3,10,14H,4-9,11-12H2,1H3,(H,22,26)(H,23,27). The lowest BCUT2D eigenvalue weighted by molar-refractivity contribution is -0.128. The molecule has 2 fully saturated rings. The highest BCUT2D eigenvalue weighted by Crippen LogP contribution is 2.38. The molecule has 160 valence electrons. The van der Waals surface area contributed by atoms with Crippen LogP contribution in [-0.4, -0.2) is 58.8 Å². The summed E-state index contributed by atoms with van der Waals surface area (Å²) in [5, 5.41) is 5.57. The fourth-order valence-corrected chi connectivity index (χ4v) is 4.99. The Bertz CT molecular complexity index is 879. The molecule has 30 heavy (non-hydrogen) atoms. The molecular weight excluding hydrogens is 406 g/mol. The van der Waals surface area contributed by atoms with Crippen LogP contribution in [0, 0.1) is 12.8 Å². The van der Waals surface area contributed by atoms with Gasteiger partial charge in [0.05, 0.1) is 17.9 Å². The molecule has 1 spiro atoms. The normalized spacial score (nSPS) is 26.1. The van der Waals surface area contributed by atoms with E-state index in [0.29, 0.717) is 43.5 Å². The summed E-state index contributed by atoms with van der Waals surface area (Å²) in [6, 6.07) is 5.60. The fraction of sp³-hybridized carbons (Fsp3) is 0.524. The third kappa shape index (κ3) is 4.16. The number of nitrogens with one attached hydrogen (secondary N) is 2. The number of rotatable bonds is 4. The predicted octanol–water partition coefficient (Wildman–Crippen LogP) is 1.86. The van der Waals surface area contributed by atoms with Crippen molar-refractivity contribution in [3.63, 3.8) is 0 Å². The molecule has 2 heterocycles. The number of aryl methyl sites for hydroxylation is 1. The molecule has 0 unspecified atom stereocenters. The Morgan fingerprint density at radius 1 is 1.30 bits per heavy atom. The van der Waals surface area contributed by atoms with Crippen LogP contribution in [0.15, 0.2) is 18.2 Å². The number of thioether (sulfide) groups is 1. The molecule has 1 saturated carbocycles. The van der Waals surface area contributed by atoms with Crippen LogP contribution in [0.2, 0.25) is 0 Å². The Kier molecular flexibility index (Phi) is 5.73. The monoisotopic (exact) mass is 431 g/mol. The average Bonchev–Trinajstić information content (AvgIpc) is 2.98. The molecule has 4 amide bonds. The SMILES string of the molecule is Cc1ccc2c(c1)C(=O)NCC1(CCC(C(=O)NCCN3C(=O)CSC3=O)CC1)O2. The minimum atomic E-state index is -0.501. The third-order valence-corrected chi connectivity index (χ3v) is 6.88. The molecule has 2 aliphatic heterocycles. The largest absolute Gasteiger partial charge is 0.485 e. The summed E-state index contributed by atoms with van der Waals surface area (Å²) in [4.78, 5) is 49.4. The Morgan fingerprint density at radius 2 is 2.07 bits per heavy atom. The summed E-state index contributed by atoms with van der Waals surface area (Å²) < 4.78 is 6.31. The third-order valence-electron chi connectivity index (χ3n) is 6.02. The number of carbonyl (C=O) groups is 4. The van der Waals surface area contributed by atoms with Gasteiger partial charge in [0.1, 0.15) is 11.4 Å². The minimum absolute atomic E-state index is 0.0646. The molecule has 8 nitrogen and oxygen atoms in total. The number of nitrogens with zero attached hydrogens (tertiary/aromatic N) is 1. The Balaban J connectivity index is 1.31. The zero-order chi connectivity index (χ0) is 21.3. The molecular formula is C21H25N3O5S. The lowest BCUT2D eigenvalue weighted by Crippen LogP contribution is -2.49. The highest BCUT2D eigenvalue weighted by molar-refractivity contribution is 8.14. The predicted molar refractivity (Wildman–Crippen MR) is 111 cm³/mol. The van der Waals surface area contributed by atoms with Crippen molar-refractivity contribution in [3.05, 3.63) is 29.3 Å². The van der Waals surface area contributed by atoms with Crippen LogP contribution in [0.1, 0.15) is 41.6 Å². The number of hydrogen-bond acceptors (Lipinski definition) is 6. The van der Waals surface area contributed by atoms with Crippen molar-refractivity contribution >= 4 is 34.7 Å². The van der Waals surface area contributed by atoms with E-state index < -0.39 is 5.60 Å². The van der Waals surface area contributed by atoms with Gasteiger partial charge < -0.3 is 15.4 Å². The quantitative estimate of drug-likeness (QED) is 0.754. The van der Waals surface area contributed by atoms with Gasteiger partial charge in [0, 0.05) is 19.0 Å². The number of carbonyl (C=O) groups excluding carboxylic acids is 4. The molecule has 0 radical (unpaired) electrons. The number of benzene rings is 1. The van der Waals surface area contributed by atoms with Crippen LogP contribution in [0.3, 0.4) is 0 Å². The molecule has 0 aromatic heterocycles. The number of ether oxygens (including phenoxy) is 1. The van der Waals surface area contributed by atoms with Gasteiger partial charge in [-0.05, 0) is 44.7 Å². The zero-order valence-electron chi connectivity index (χ0n) is 16.9. The van der Waals surface area contributed by atoms with Crippen LogP contribution >= 0.6 is 11.8 Å². The van der Waals surface area contributed by atoms with Crippen molar-refractivity contribution in [2.75, 3.05) is 25.4 Å². The molecule has 1 aromatic carbocycles. The first-order valence-corrected chi connectivity index (χ1v) is 11.2. The lowest BCUT2D eigenvalue weighted by atomic mass is 9.78. The van der Waals surface area contributed by atoms with Gasteiger partial charge in [-0.25, -0.2) is 0 Å². The highest BCUT2D eigenvalue weighted by atomic mass is 32.2. The summed E-state index contributed by atoms with van der Waals surface area (Å²) in [5.74, 6) is 0.226. The van der Waals surface area contributed by atoms with E-state index >= 15 is 0 Å². The maximum absolute atomic E-state index is 12.5. The average molecular weight is 432 g/mol. The minimum Gasteiger partial charge on any atom is -0.485 e. The summed E-state index contributed by atoms with van der Waals surface area (Å²) in [6.45, 7) is 2.83. The van der Waals surface area contributed by atoms with Crippen LogP contribution in [0.5, 0.6) is 5.75 Å². The van der Waals surface area contributed by atoms with Crippen LogP contribution in [0.4, 0.5) is 4.79 Å². The highest BCUT2D eigenvalue weighted by Gasteiger charge is 2.42. The zero-order valence-corrected chi connectivity index (χ0v) is 17.7. The van der Waals surface area contributed by atoms with Gasteiger partial charge in [-0.15, -0.1) is 0 Å². The fourth-order valence-electron chi connectivity index (χ4n) is 4.23. The summed E-state index contributed by atoms with van der Waals surface area (Å²) in [7, 11) is 0. The van der Waals surface area contributed by atoms with Crippen molar-refractivity contribution in [2.24, 2.45) is 5.92 Å². The second kappa shape index (κ2) is 8.29. The van der Waals surface area contributed by atoms with Crippen molar-refractivity contribution in [3.8, 4) is 5.75 Å². The Hall–Kier alpha value is -2.55. The van der Waals surface area contributed by atoms with Crippen LogP contribution in [0.25, 0.3) is 0 Å². The number of hydrogen-bond donors (Lipinski definition) is 2. The number of amides is 4. The first-order chi connectivity index (χ1) is 14.4. The maximum atomic E-state index is 12.5. The molecule has 2 N–H and O–H groups in total. The molecule has 4 rings (SSSR count). The van der Waals surface area contributed by atoms with E-state index in [1.807, 2.05) is 25.1 Å². The summed E-state index contributed by atoms with van der Waals surface area (Å²) in [5.41, 5.74) is 1.05. The summed E-state index contributed by atoms with van der Waals surface area (Å²) in [6.07, 6.45) is 2.64. The van der Waals surface area contributed by atoms with Crippen LogP contribution < -0.4 is 15.4 Å². The van der Waals surface area contributed by atoms with Gasteiger partial charge in [-0.3, -0.25) is 24.1 Å². The van der Waals surface area contributed by atoms with E-state index in [0.717, 1.165) is 17.3 Å². The molecule has 3 aliphatic rings. The van der Waals surface area contributed by atoms with Crippen molar-refractivity contribution in [1.29, 1.82) is 0 Å². The molecule has 0 atom stereocenters. The number of imide groups is 1.